The molecule has 0 radical (unpaired) electrons. The Hall–Kier alpha value is -3.49. The molecule has 35 heavy (non-hydrogen) atoms. The first-order valence-electron chi connectivity index (χ1n) is 10.6. The first kappa shape index (κ1) is 24.6. The lowest BCUT2D eigenvalue weighted by atomic mass is 10.1. The molecule has 1 fully saturated rings. The third-order valence-corrected chi connectivity index (χ3v) is 6.31. The van der Waals surface area contributed by atoms with Crippen molar-refractivity contribution in [3.63, 3.8) is 0 Å². The van der Waals surface area contributed by atoms with Crippen molar-refractivity contribution in [2.45, 2.75) is 6.61 Å². The summed E-state index contributed by atoms with van der Waals surface area (Å²) in [5.74, 6) is 0.604. The van der Waals surface area contributed by atoms with Gasteiger partial charge in [-0.3, -0.25) is 14.5 Å². The van der Waals surface area contributed by atoms with E-state index in [4.69, 9.17) is 25.8 Å². The predicted molar refractivity (Wildman–Crippen MR) is 133 cm³/mol. The number of hydrogen-bond donors (Lipinski definition) is 0. The van der Waals surface area contributed by atoms with Gasteiger partial charge in [0.2, 0.25) is 0 Å². The molecule has 3 aromatic rings. The molecule has 2 amide bonds. The fourth-order valence-corrected chi connectivity index (χ4v) is 4.39. The average molecular weight is 514 g/mol. The molecule has 1 heterocycles. The predicted octanol–water partition coefficient (Wildman–Crippen LogP) is 6.18. The van der Waals surface area contributed by atoms with Crippen LogP contribution in [0.2, 0.25) is 5.02 Å². The van der Waals surface area contributed by atoms with Gasteiger partial charge in [0.25, 0.3) is 11.1 Å². The largest absolute Gasteiger partial charge is 0.493 e. The standard InChI is InChI=1S/C26H21ClFNO5S/c1-32-22-8-4-5-18(24(22)34-16-17-9-11-19(28)12-10-17)15-23-25(30)29(26(31)35-23)13-14-33-21-7-3-2-6-20(21)27/h2-12,15H,13-14,16H2,1H3/b23-15-. The number of hydrogen-bond acceptors (Lipinski definition) is 6. The number of para-hydroxylation sites is 2. The second-order valence-electron chi connectivity index (χ2n) is 7.41. The van der Waals surface area contributed by atoms with Crippen molar-refractivity contribution in [3.8, 4) is 17.2 Å². The molecule has 0 saturated carbocycles. The molecule has 0 bridgehead atoms. The summed E-state index contributed by atoms with van der Waals surface area (Å²) in [5, 5.41) is 0.0633. The zero-order chi connectivity index (χ0) is 24.8. The summed E-state index contributed by atoms with van der Waals surface area (Å²) in [4.78, 5) is 26.8. The number of rotatable bonds is 9. The number of halogens is 2. The summed E-state index contributed by atoms with van der Waals surface area (Å²) in [5.41, 5.74) is 1.34. The SMILES string of the molecule is COc1cccc(/C=C2\SC(=O)N(CCOc3ccccc3Cl)C2=O)c1OCc1ccc(F)cc1. The van der Waals surface area contributed by atoms with Crippen molar-refractivity contribution in [1.82, 2.24) is 4.90 Å². The molecule has 180 valence electrons. The van der Waals surface area contributed by atoms with Gasteiger partial charge in [0, 0.05) is 5.56 Å². The Morgan fingerprint density at radius 3 is 2.46 bits per heavy atom. The van der Waals surface area contributed by atoms with Crippen LogP contribution < -0.4 is 14.2 Å². The summed E-state index contributed by atoms with van der Waals surface area (Å²) < 4.78 is 30.2. The lowest BCUT2D eigenvalue weighted by molar-refractivity contribution is -0.123. The topological polar surface area (TPSA) is 65.1 Å². The van der Waals surface area contributed by atoms with E-state index in [0.29, 0.717) is 27.8 Å². The van der Waals surface area contributed by atoms with Crippen molar-refractivity contribution in [3.05, 3.63) is 93.6 Å². The van der Waals surface area contributed by atoms with E-state index >= 15 is 0 Å². The highest BCUT2D eigenvalue weighted by atomic mass is 35.5. The molecule has 0 spiro atoms. The van der Waals surface area contributed by atoms with E-state index in [9.17, 15) is 14.0 Å². The van der Waals surface area contributed by atoms with E-state index in [2.05, 4.69) is 0 Å². The van der Waals surface area contributed by atoms with Crippen LogP contribution in [0.1, 0.15) is 11.1 Å². The van der Waals surface area contributed by atoms with Gasteiger partial charge in [-0.25, -0.2) is 4.39 Å². The number of carbonyl (C=O) groups is 2. The van der Waals surface area contributed by atoms with Crippen LogP contribution in [0.15, 0.2) is 71.6 Å². The number of thioether (sulfide) groups is 1. The van der Waals surface area contributed by atoms with Crippen LogP contribution in [-0.2, 0) is 11.4 Å². The van der Waals surface area contributed by atoms with E-state index in [-0.39, 0.29) is 35.7 Å². The van der Waals surface area contributed by atoms with Crippen LogP contribution in [0.3, 0.4) is 0 Å². The highest BCUT2D eigenvalue weighted by Gasteiger charge is 2.35. The number of amides is 2. The second-order valence-corrected chi connectivity index (χ2v) is 8.81. The number of methoxy groups -OCH3 is 1. The van der Waals surface area contributed by atoms with Crippen LogP contribution in [0.4, 0.5) is 9.18 Å². The van der Waals surface area contributed by atoms with E-state index in [1.807, 2.05) is 0 Å². The maximum Gasteiger partial charge on any atom is 0.293 e. The molecule has 0 unspecified atom stereocenters. The van der Waals surface area contributed by atoms with Gasteiger partial charge in [0.15, 0.2) is 11.5 Å². The number of imide groups is 1. The maximum absolute atomic E-state index is 13.2. The zero-order valence-electron chi connectivity index (χ0n) is 18.7. The Balaban J connectivity index is 1.48. The minimum absolute atomic E-state index is 0.0826. The van der Waals surface area contributed by atoms with Gasteiger partial charge in [0.1, 0.15) is 24.8 Å². The summed E-state index contributed by atoms with van der Waals surface area (Å²) in [6.07, 6.45) is 1.60. The highest BCUT2D eigenvalue weighted by Crippen LogP contribution is 2.37. The van der Waals surface area contributed by atoms with Crippen LogP contribution in [0, 0.1) is 5.82 Å². The number of nitrogens with zero attached hydrogens (tertiary/aromatic N) is 1. The van der Waals surface area contributed by atoms with Gasteiger partial charge in [0.05, 0.1) is 23.6 Å². The first-order valence-corrected chi connectivity index (χ1v) is 11.8. The molecule has 4 rings (SSSR count). The molecule has 0 N–H and O–H groups in total. The Morgan fingerprint density at radius 2 is 1.71 bits per heavy atom. The van der Waals surface area contributed by atoms with Gasteiger partial charge in [-0.15, -0.1) is 0 Å². The molecule has 1 aliphatic rings. The van der Waals surface area contributed by atoms with E-state index in [1.165, 1.54) is 19.2 Å². The van der Waals surface area contributed by atoms with E-state index < -0.39 is 5.91 Å². The molecular weight excluding hydrogens is 493 g/mol. The van der Waals surface area contributed by atoms with Crippen molar-refractivity contribution < 1.29 is 28.2 Å². The van der Waals surface area contributed by atoms with Gasteiger partial charge >= 0.3 is 0 Å². The Morgan fingerprint density at radius 1 is 0.971 bits per heavy atom. The second kappa shape index (κ2) is 11.3. The monoisotopic (exact) mass is 513 g/mol. The average Bonchev–Trinajstić information content (AvgIpc) is 3.12. The van der Waals surface area contributed by atoms with Gasteiger partial charge in [-0.2, -0.15) is 0 Å². The molecular formula is C26H21ClFNO5S. The molecule has 1 aliphatic heterocycles. The van der Waals surface area contributed by atoms with Gasteiger partial charge in [-0.05, 0) is 53.7 Å². The molecule has 6 nitrogen and oxygen atoms in total. The van der Waals surface area contributed by atoms with Crippen molar-refractivity contribution in [1.29, 1.82) is 0 Å². The lowest BCUT2D eigenvalue weighted by Crippen LogP contribution is -2.32. The Kier molecular flexibility index (Phi) is 7.94. The van der Waals surface area contributed by atoms with Crippen LogP contribution in [0.25, 0.3) is 6.08 Å². The third kappa shape index (κ3) is 5.96. The van der Waals surface area contributed by atoms with Crippen LogP contribution in [0.5, 0.6) is 17.2 Å². The summed E-state index contributed by atoms with van der Waals surface area (Å²) >= 11 is 6.92. The normalized spacial score (nSPS) is 14.5. The Labute approximate surface area is 211 Å². The lowest BCUT2D eigenvalue weighted by Gasteiger charge is -2.14. The van der Waals surface area contributed by atoms with E-state index in [1.54, 1.807) is 60.7 Å². The Bertz CT molecular complexity index is 1260. The van der Waals surface area contributed by atoms with Gasteiger partial charge in [-0.1, -0.05) is 48.0 Å². The molecule has 3 aromatic carbocycles. The van der Waals surface area contributed by atoms with Crippen LogP contribution in [-0.4, -0.2) is 36.3 Å². The minimum atomic E-state index is -0.421. The quantitative estimate of drug-likeness (QED) is 0.318. The molecule has 0 aliphatic carbocycles. The highest BCUT2D eigenvalue weighted by molar-refractivity contribution is 8.18. The minimum Gasteiger partial charge on any atom is -0.493 e. The molecule has 0 aromatic heterocycles. The van der Waals surface area contributed by atoms with Crippen molar-refractivity contribution in [2.24, 2.45) is 0 Å². The molecule has 0 atom stereocenters. The summed E-state index contributed by atoms with van der Waals surface area (Å²) in [6, 6.07) is 18.2. The maximum atomic E-state index is 13.2. The fraction of sp³-hybridized carbons (Fsp3) is 0.154. The zero-order valence-corrected chi connectivity index (χ0v) is 20.3. The number of ether oxygens (including phenoxy) is 3. The van der Waals surface area contributed by atoms with E-state index in [0.717, 1.165) is 22.2 Å². The first-order chi connectivity index (χ1) is 17.0. The summed E-state index contributed by atoms with van der Waals surface area (Å²) in [6.45, 7) is 0.363. The fourth-order valence-electron chi connectivity index (χ4n) is 3.34. The third-order valence-electron chi connectivity index (χ3n) is 5.10. The van der Waals surface area contributed by atoms with Crippen LogP contribution >= 0.6 is 23.4 Å². The van der Waals surface area contributed by atoms with Gasteiger partial charge < -0.3 is 14.2 Å². The smallest absolute Gasteiger partial charge is 0.293 e. The van der Waals surface area contributed by atoms with Crippen molar-refractivity contribution >= 4 is 40.6 Å². The van der Waals surface area contributed by atoms with Crippen molar-refractivity contribution in [2.75, 3.05) is 20.3 Å². The number of benzene rings is 3. The number of carbonyl (C=O) groups excluding carboxylic acids is 2. The molecule has 9 heteroatoms. The summed E-state index contributed by atoms with van der Waals surface area (Å²) in [7, 11) is 1.51. The molecule has 1 saturated heterocycles.